The number of aromatic nitrogens is 1. The first-order valence-electron chi connectivity index (χ1n) is 6.97. The number of hydrogen-bond acceptors (Lipinski definition) is 3. The number of rotatable bonds is 8. The number of Topliss-reactive ketones (excluding diaryl/α,β-unsaturated/α-hetero) is 1. The molecule has 1 rings (SSSR count). The fraction of sp³-hybridized carbons (Fsp3) is 0.500. The quantitative estimate of drug-likeness (QED) is 0.529. The molecular formula is C16H24N2O. The van der Waals surface area contributed by atoms with Crippen molar-refractivity contribution < 1.29 is 4.79 Å². The molecule has 1 aromatic heterocycles. The smallest absolute Gasteiger partial charge is 0.164 e. The SMILES string of the molecule is CCCCCCC(=O)/C(=C\N(C)C)c1ccncc1. The van der Waals surface area contributed by atoms with Gasteiger partial charge in [0.2, 0.25) is 0 Å². The number of hydrogen-bond donors (Lipinski definition) is 0. The minimum absolute atomic E-state index is 0.219. The molecule has 0 aliphatic heterocycles. The Balaban J connectivity index is 2.73. The third kappa shape index (κ3) is 5.69. The number of carbonyl (C=O) groups is 1. The molecule has 0 amide bonds. The maximum absolute atomic E-state index is 12.3. The second kappa shape index (κ2) is 8.46. The van der Waals surface area contributed by atoms with Crippen LogP contribution < -0.4 is 0 Å². The largest absolute Gasteiger partial charge is 0.383 e. The van der Waals surface area contributed by atoms with Gasteiger partial charge in [-0.2, -0.15) is 0 Å². The van der Waals surface area contributed by atoms with Gasteiger partial charge in [-0.3, -0.25) is 9.78 Å². The van der Waals surface area contributed by atoms with Gasteiger partial charge in [0.05, 0.1) is 0 Å². The van der Waals surface area contributed by atoms with E-state index in [9.17, 15) is 4.79 Å². The summed E-state index contributed by atoms with van der Waals surface area (Å²) in [7, 11) is 3.87. The van der Waals surface area contributed by atoms with Crippen LogP contribution in [0.3, 0.4) is 0 Å². The van der Waals surface area contributed by atoms with Crippen LogP contribution in [0.4, 0.5) is 0 Å². The highest BCUT2D eigenvalue weighted by molar-refractivity contribution is 6.20. The standard InChI is InChI=1S/C16H24N2O/c1-4-5-6-7-8-16(19)15(13-18(2)3)14-9-11-17-12-10-14/h9-13H,4-8H2,1-3H3/b15-13-. The molecule has 0 aliphatic carbocycles. The highest BCUT2D eigenvalue weighted by Gasteiger charge is 2.12. The number of nitrogens with zero attached hydrogens (tertiary/aromatic N) is 2. The van der Waals surface area contributed by atoms with Crippen molar-refractivity contribution in [2.24, 2.45) is 0 Å². The van der Waals surface area contributed by atoms with Crippen molar-refractivity contribution in [2.45, 2.75) is 39.0 Å². The van der Waals surface area contributed by atoms with E-state index in [0.29, 0.717) is 6.42 Å². The van der Waals surface area contributed by atoms with E-state index in [4.69, 9.17) is 0 Å². The molecule has 104 valence electrons. The minimum Gasteiger partial charge on any atom is -0.383 e. The number of pyridine rings is 1. The Morgan fingerprint density at radius 2 is 1.89 bits per heavy atom. The van der Waals surface area contributed by atoms with Crippen LogP contribution in [-0.2, 0) is 4.79 Å². The third-order valence-corrected chi connectivity index (χ3v) is 2.94. The van der Waals surface area contributed by atoms with Gasteiger partial charge in [-0.05, 0) is 24.1 Å². The summed E-state index contributed by atoms with van der Waals surface area (Å²) < 4.78 is 0. The summed E-state index contributed by atoms with van der Waals surface area (Å²) in [5.74, 6) is 0.219. The number of carbonyl (C=O) groups excluding carboxylic acids is 1. The van der Waals surface area contributed by atoms with Crippen LogP contribution in [0.25, 0.3) is 5.57 Å². The summed E-state index contributed by atoms with van der Waals surface area (Å²) in [6.07, 6.45) is 10.5. The van der Waals surface area contributed by atoms with Crippen LogP contribution >= 0.6 is 0 Å². The van der Waals surface area contributed by atoms with Crippen LogP contribution in [0.2, 0.25) is 0 Å². The summed E-state index contributed by atoms with van der Waals surface area (Å²) in [5, 5.41) is 0. The monoisotopic (exact) mass is 260 g/mol. The number of allylic oxidation sites excluding steroid dienone is 1. The molecule has 0 N–H and O–H groups in total. The van der Waals surface area contributed by atoms with Crippen molar-refractivity contribution in [3.05, 3.63) is 36.3 Å². The Kier molecular flexibility index (Phi) is 6.86. The Morgan fingerprint density at radius 3 is 2.47 bits per heavy atom. The van der Waals surface area contributed by atoms with E-state index < -0.39 is 0 Å². The lowest BCUT2D eigenvalue weighted by molar-refractivity contribution is -0.113. The summed E-state index contributed by atoms with van der Waals surface area (Å²) in [4.78, 5) is 18.2. The molecule has 1 aromatic rings. The van der Waals surface area contributed by atoms with E-state index >= 15 is 0 Å². The van der Waals surface area contributed by atoms with Gasteiger partial charge in [0.1, 0.15) is 0 Å². The number of unbranched alkanes of at least 4 members (excludes halogenated alkanes) is 3. The van der Waals surface area contributed by atoms with E-state index in [1.807, 2.05) is 37.3 Å². The molecule has 3 nitrogen and oxygen atoms in total. The first-order chi connectivity index (χ1) is 9.15. The lowest BCUT2D eigenvalue weighted by Gasteiger charge is -2.11. The van der Waals surface area contributed by atoms with Crippen LogP contribution in [0.15, 0.2) is 30.7 Å². The average molecular weight is 260 g/mol. The van der Waals surface area contributed by atoms with Crippen LogP contribution in [0.1, 0.15) is 44.6 Å². The molecule has 3 heteroatoms. The van der Waals surface area contributed by atoms with Crippen molar-refractivity contribution >= 4 is 11.4 Å². The molecule has 0 atom stereocenters. The van der Waals surface area contributed by atoms with E-state index in [1.165, 1.54) is 12.8 Å². The summed E-state index contributed by atoms with van der Waals surface area (Å²) in [5.41, 5.74) is 1.73. The molecule has 0 aromatic carbocycles. The van der Waals surface area contributed by atoms with E-state index in [1.54, 1.807) is 12.4 Å². The second-order valence-electron chi connectivity index (χ2n) is 4.98. The second-order valence-corrected chi connectivity index (χ2v) is 4.98. The van der Waals surface area contributed by atoms with Crippen molar-refractivity contribution in [3.63, 3.8) is 0 Å². The van der Waals surface area contributed by atoms with Gasteiger partial charge in [-0.25, -0.2) is 0 Å². The zero-order chi connectivity index (χ0) is 14.1. The fourth-order valence-corrected chi connectivity index (χ4v) is 1.94. The van der Waals surface area contributed by atoms with Gasteiger partial charge in [-0.1, -0.05) is 26.2 Å². The molecule has 0 radical (unpaired) electrons. The Labute approximate surface area is 116 Å². The van der Waals surface area contributed by atoms with Gasteiger partial charge < -0.3 is 4.90 Å². The predicted octanol–water partition coefficient (Wildman–Crippen LogP) is 3.52. The summed E-state index contributed by atoms with van der Waals surface area (Å²) in [6.45, 7) is 2.18. The molecule has 19 heavy (non-hydrogen) atoms. The average Bonchev–Trinajstić information content (AvgIpc) is 2.41. The van der Waals surface area contributed by atoms with Crippen LogP contribution in [0.5, 0.6) is 0 Å². The van der Waals surface area contributed by atoms with Crippen molar-refractivity contribution in [1.29, 1.82) is 0 Å². The molecule has 0 bridgehead atoms. The first-order valence-corrected chi connectivity index (χ1v) is 6.97. The molecule has 0 saturated carbocycles. The Morgan fingerprint density at radius 1 is 1.21 bits per heavy atom. The molecule has 0 spiro atoms. The fourth-order valence-electron chi connectivity index (χ4n) is 1.94. The topological polar surface area (TPSA) is 33.2 Å². The van der Waals surface area contributed by atoms with E-state index in [2.05, 4.69) is 11.9 Å². The molecule has 0 aliphatic rings. The van der Waals surface area contributed by atoms with Crippen LogP contribution in [0, 0.1) is 0 Å². The van der Waals surface area contributed by atoms with Crippen molar-refractivity contribution in [3.8, 4) is 0 Å². The Bertz CT molecular complexity index is 410. The minimum atomic E-state index is 0.219. The van der Waals surface area contributed by atoms with E-state index in [0.717, 1.165) is 24.0 Å². The van der Waals surface area contributed by atoms with Crippen molar-refractivity contribution in [2.75, 3.05) is 14.1 Å². The maximum atomic E-state index is 12.3. The summed E-state index contributed by atoms with van der Waals surface area (Å²) >= 11 is 0. The highest BCUT2D eigenvalue weighted by atomic mass is 16.1. The maximum Gasteiger partial charge on any atom is 0.164 e. The lowest BCUT2D eigenvalue weighted by Crippen LogP contribution is -2.09. The van der Waals surface area contributed by atoms with Crippen LogP contribution in [-0.4, -0.2) is 29.8 Å². The normalized spacial score (nSPS) is 11.4. The van der Waals surface area contributed by atoms with E-state index in [-0.39, 0.29) is 5.78 Å². The zero-order valence-corrected chi connectivity index (χ0v) is 12.2. The van der Waals surface area contributed by atoms with Crippen molar-refractivity contribution in [1.82, 2.24) is 9.88 Å². The molecule has 0 fully saturated rings. The molecule has 0 saturated heterocycles. The molecule has 1 heterocycles. The number of ketones is 1. The predicted molar refractivity (Wildman–Crippen MR) is 79.7 cm³/mol. The zero-order valence-electron chi connectivity index (χ0n) is 12.2. The lowest BCUT2D eigenvalue weighted by atomic mass is 9.99. The van der Waals surface area contributed by atoms with Gasteiger partial charge in [0.25, 0.3) is 0 Å². The third-order valence-electron chi connectivity index (χ3n) is 2.94. The van der Waals surface area contributed by atoms with Gasteiger partial charge in [-0.15, -0.1) is 0 Å². The molecular weight excluding hydrogens is 236 g/mol. The first kappa shape index (κ1) is 15.4. The van der Waals surface area contributed by atoms with Gasteiger partial charge in [0.15, 0.2) is 5.78 Å². The van der Waals surface area contributed by atoms with Gasteiger partial charge >= 0.3 is 0 Å². The van der Waals surface area contributed by atoms with Gasteiger partial charge in [0, 0.05) is 44.7 Å². The molecule has 0 unspecified atom stereocenters. The highest BCUT2D eigenvalue weighted by Crippen LogP contribution is 2.18. The Hall–Kier alpha value is -1.64. The summed E-state index contributed by atoms with van der Waals surface area (Å²) in [6, 6.07) is 3.78.